The summed E-state index contributed by atoms with van der Waals surface area (Å²) >= 11 is 0. The summed E-state index contributed by atoms with van der Waals surface area (Å²) in [5.41, 5.74) is 3.47. The number of nitrogens with one attached hydrogen (secondary N) is 2. The molecule has 1 aliphatic rings. The fourth-order valence-corrected chi connectivity index (χ4v) is 9.80. The highest BCUT2D eigenvalue weighted by atomic mass is 31.2. The van der Waals surface area contributed by atoms with Gasteiger partial charge in [0.1, 0.15) is 12.8 Å². The van der Waals surface area contributed by atoms with E-state index in [2.05, 4.69) is 131 Å². The summed E-state index contributed by atoms with van der Waals surface area (Å²) in [5.74, 6) is -0.878. The van der Waals surface area contributed by atoms with Crippen molar-refractivity contribution in [2.75, 3.05) is 43.5 Å². The van der Waals surface area contributed by atoms with Crippen LogP contribution in [0.1, 0.15) is 74.8 Å². The van der Waals surface area contributed by atoms with Gasteiger partial charge in [0.2, 0.25) is 18.4 Å². The first-order chi connectivity index (χ1) is 31.0. The van der Waals surface area contributed by atoms with Crippen molar-refractivity contribution in [1.82, 2.24) is 29.1 Å². The van der Waals surface area contributed by atoms with Crippen LogP contribution in [0.2, 0.25) is 0 Å². The molecule has 7 rings (SSSR count). The van der Waals surface area contributed by atoms with Gasteiger partial charge in [0.05, 0.1) is 24.6 Å². The highest BCUT2D eigenvalue weighted by molar-refractivity contribution is 7.44. The molecule has 0 saturated carbocycles. The molecule has 3 heterocycles. The molecule has 0 bridgehead atoms. The van der Waals surface area contributed by atoms with Crippen LogP contribution in [0, 0.1) is 12.5 Å². The number of imidazole rings is 1. The maximum Gasteiger partial charge on any atom is 0.259 e. The zero-order chi connectivity index (χ0) is 45.2. The molecule has 15 heteroatoms. The van der Waals surface area contributed by atoms with Crippen LogP contribution in [-0.2, 0) is 24.1 Å². The van der Waals surface area contributed by atoms with Gasteiger partial charge in [-0.1, -0.05) is 123 Å². The van der Waals surface area contributed by atoms with Gasteiger partial charge in [-0.3, -0.25) is 24.4 Å². The van der Waals surface area contributed by atoms with Crippen LogP contribution in [0.25, 0.3) is 16.0 Å². The van der Waals surface area contributed by atoms with Gasteiger partial charge in [-0.25, -0.2) is 16.2 Å². The van der Waals surface area contributed by atoms with E-state index in [-0.39, 0.29) is 61.3 Å². The number of carbonyl (C=O) groups excluding carboxylic acids is 2. The Bertz CT molecular complexity index is 2400. The van der Waals surface area contributed by atoms with E-state index in [4.69, 9.17) is 30.3 Å². The number of fused-ring (bicyclic) bond motifs is 1. The van der Waals surface area contributed by atoms with Gasteiger partial charge < -0.3 is 23.9 Å². The Labute approximate surface area is 376 Å². The van der Waals surface area contributed by atoms with Gasteiger partial charge in [0.25, 0.3) is 14.4 Å². The lowest BCUT2D eigenvalue weighted by Crippen LogP contribution is -2.57. The third-order valence-electron chi connectivity index (χ3n) is 11.0. The number of morpholine rings is 1. The molecule has 0 aliphatic carbocycles. The van der Waals surface area contributed by atoms with Crippen LogP contribution >= 0.6 is 8.53 Å². The van der Waals surface area contributed by atoms with Crippen molar-refractivity contribution in [2.45, 2.75) is 71.5 Å². The van der Waals surface area contributed by atoms with Gasteiger partial charge in [0.15, 0.2) is 17.0 Å². The van der Waals surface area contributed by atoms with E-state index >= 15 is 0 Å². The molecule has 2 unspecified atom stereocenters. The average Bonchev–Trinajstić information content (AvgIpc) is 3.74. The third kappa shape index (κ3) is 10.2. The van der Waals surface area contributed by atoms with E-state index in [1.54, 1.807) is 44.4 Å². The molecule has 6 aromatic rings. The van der Waals surface area contributed by atoms with Crippen LogP contribution in [0.3, 0.4) is 0 Å². The first-order valence-electron chi connectivity index (χ1n) is 21.7. The Hall–Kier alpha value is -5.91. The SMILES string of the molecule is [C-]#[N+]CCOP(OCC1CN(C(c2ccccc2)(c2ccccc2)c2ccccc2)C[C@H](n2cnc3c(NC(=O)c4ccccc4)nc(NC(=O)C(C)C)nc32)O1)N(C(C)C)C(C)C. The molecule has 64 heavy (non-hydrogen) atoms. The van der Waals surface area contributed by atoms with Crippen LogP contribution in [0.5, 0.6) is 0 Å². The quantitative estimate of drug-likeness (QED) is 0.0372. The smallest absolute Gasteiger partial charge is 0.259 e. The molecule has 2 N–H and O–H groups in total. The van der Waals surface area contributed by atoms with Gasteiger partial charge in [-0.2, -0.15) is 9.97 Å². The lowest BCUT2D eigenvalue weighted by Gasteiger charge is -2.50. The molecule has 0 spiro atoms. The summed E-state index contributed by atoms with van der Waals surface area (Å²) < 4.78 is 24.3. The van der Waals surface area contributed by atoms with Gasteiger partial charge in [-0.05, 0) is 56.5 Å². The Balaban J connectivity index is 1.38. The molecular formula is C49H56N9O5P. The highest BCUT2D eigenvalue weighted by Crippen LogP contribution is 2.48. The molecule has 1 aliphatic heterocycles. The fraction of sp³-hybridized carbons (Fsp3) is 0.347. The zero-order valence-corrected chi connectivity index (χ0v) is 38.1. The van der Waals surface area contributed by atoms with Crippen LogP contribution in [0.4, 0.5) is 11.8 Å². The van der Waals surface area contributed by atoms with Crippen molar-refractivity contribution in [3.8, 4) is 0 Å². The number of anilines is 2. The van der Waals surface area contributed by atoms with Crippen molar-refractivity contribution < 1.29 is 23.4 Å². The minimum atomic E-state index is -1.58. The van der Waals surface area contributed by atoms with E-state index in [1.807, 2.05) is 28.8 Å². The Morgan fingerprint density at radius 2 is 1.38 bits per heavy atom. The molecule has 0 radical (unpaired) electrons. The third-order valence-corrected chi connectivity index (χ3v) is 13.1. The summed E-state index contributed by atoms with van der Waals surface area (Å²) in [6.07, 6.45) is 0.401. The first kappa shape index (κ1) is 46.1. The second-order valence-corrected chi connectivity index (χ2v) is 17.9. The molecule has 2 amide bonds. The van der Waals surface area contributed by atoms with E-state index in [9.17, 15) is 9.59 Å². The molecule has 14 nitrogen and oxygen atoms in total. The van der Waals surface area contributed by atoms with E-state index in [0.29, 0.717) is 29.8 Å². The number of ether oxygens (including phenoxy) is 1. The molecule has 2 aromatic heterocycles. The number of aromatic nitrogens is 4. The normalized spacial score (nSPS) is 16.3. The number of hydrogen-bond acceptors (Lipinski definition) is 10. The number of carbonyl (C=O) groups is 2. The van der Waals surface area contributed by atoms with E-state index in [0.717, 1.165) is 16.7 Å². The predicted molar refractivity (Wildman–Crippen MR) is 250 cm³/mol. The Morgan fingerprint density at radius 3 is 1.91 bits per heavy atom. The summed E-state index contributed by atoms with van der Waals surface area (Å²) in [7, 11) is -1.58. The summed E-state index contributed by atoms with van der Waals surface area (Å²) in [4.78, 5) is 46.9. The van der Waals surface area contributed by atoms with E-state index in [1.165, 1.54) is 0 Å². The summed E-state index contributed by atoms with van der Waals surface area (Å²) in [6, 6.07) is 40.5. The Morgan fingerprint density at radius 1 is 0.812 bits per heavy atom. The van der Waals surface area contributed by atoms with Crippen LogP contribution in [-0.4, -0.2) is 91.9 Å². The molecular weight excluding hydrogens is 826 g/mol. The van der Waals surface area contributed by atoms with E-state index < -0.39 is 26.4 Å². The highest BCUT2D eigenvalue weighted by Gasteiger charge is 2.47. The minimum absolute atomic E-state index is 0.0146. The summed E-state index contributed by atoms with van der Waals surface area (Å²) in [6.45, 7) is 20.8. The number of nitrogens with zero attached hydrogens (tertiary/aromatic N) is 7. The number of benzene rings is 4. The zero-order valence-electron chi connectivity index (χ0n) is 37.2. The van der Waals surface area contributed by atoms with Gasteiger partial charge in [-0.15, -0.1) is 0 Å². The molecule has 4 aromatic carbocycles. The predicted octanol–water partition coefficient (Wildman–Crippen LogP) is 9.16. The Kier molecular flexibility index (Phi) is 15.3. The van der Waals surface area contributed by atoms with Crippen molar-refractivity contribution in [2.24, 2.45) is 5.92 Å². The minimum Gasteiger partial charge on any atom is -0.350 e. The monoisotopic (exact) mass is 881 g/mol. The lowest BCUT2D eigenvalue weighted by molar-refractivity contribution is -0.146. The maximum atomic E-state index is 13.6. The van der Waals surface area contributed by atoms with Gasteiger partial charge in [0, 0.05) is 36.7 Å². The largest absolute Gasteiger partial charge is 0.350 e. The first-order valence-corrected chi connectivity index (χ1v) is 22.8. The van der Waals surface area contributed by atoms with Crippen LogP contribution < -0.4 is 10.6 Å². The fourth-order valence-electron chi connectivity index (χ4n) is 8.17. The number of rotatable bonds is 18. The standard InChI is InChI=1S/C49H56N9O5P/c1-34(2)46(59)55-48-53-44(52-47(60)37-20-12-8-13-21-37)43-45(54-48)57(33-51-43)42-31-56(30-41(63-42)32-62-64(61-29-28-50-7)58(35(3)4)36(5)6)49(38-22-14-9-15-23-38,39-24-16-10-17-25-39)40-26-18-11-19-27-40/h8-27,33-36,41-42H,28-32H2,1-6H3,(H2,52,53,54,55,59,60)/t41?,42-,64?/m1/s1. The van der Waals surface area contributed by atoms with Crippen LogP contribution in [0.15, 0.2) is 128 Å². The van der Waals surface area contributed by atoms with Crippen molar-refractivity contribution in [1.29, 1.82) is 0 Å². The van der Waals surface area contributed by atoms with Crippen molar-refractivity contribution in [3.63, 3.8) is 0 Å². The maximum absolute atomic E-state index is 13.6. The van der Waals surface area contributed by atoms with Gasteiger partial charge >= 0.3 is 0 Å². The molecule has 1 saturated heterocycles. The number of hydrogen-bond donors (Lipinski definition) is 2. The average molecular weight is 882 g/mol. The molecule has 3 atom stereocenters. The van der Waals surface area contributed by atoms with Crippen molar-refractivity contribution >= 4 is 43.3 Å². The number of amides is 2. The summed E-state index contributed by atoms with van der Waals surface area (Å²) in [5, 5.41) is 5.76. The second-order valence-electron chi connectivity index (χ2n) is 16.4. The molecule has 1 fully saturated rings. The van der Waals surface area contributed by atoms with Crippen molar-refractivity contribution in [3.05, 3.63) is 161 Å². The second kappa shape index (κ2) is 21.2. The topological polar surface area (TPSA) is 140 Å². The molecule has 332 valence electrons. The lowest BCUT2D eigenvalue weighted by atomic mass is 9.75.